The fraction of sp³-hybridized carbons (Fsp3) is 0.333. The molecule has 8 nitrogen and oxygen atoms in total. The first-order valence-electron chi connectivity index (χ1n) is 9.87. The van der Waals surface area contributed by atoms with Crippen LogP contribution < -0.4 is 16.4 Å². The van der Waals surface area contributed by atoms with E-state index in [4.69, 9.17) is 5.73 Å². The summed E-state index contributed by atoms with van der Waals surface area (Å²) in [5.41, 5.74) is 7.49. The zero-order valence-electron chi connectivity index (χ0n) is 16.1. The summed E-state index contributed by atoms with van der Waals surface area (Å²) in [6.07, 6.45) is 3.73. The summed E-state index contributed by atoms with van der Waals surface area (Å²) < 4.78 is 0. The van der Waals surface area contributed by atoms with E-state index < -0.39 is 35.8 Å². The Morgan fingerprint density at radius 2 is 2.00 bits per heavy atom. The van der Waals surface area contributed by atoms with Crippen molar-refractivity contribution in [2.45, 2.75) is 37.6 Å². The number of urea groups is 1. The van der Waals surface area contributed by atoms with Crippen molar-refractivity contribution in [3.63, 3.8) is 0 Å². The Kier molecular flexibility index (Phi) is 4.18. The first kappa shape index (κ1) is 18.8. The highest BCUT2D eigenvalue weighted by Crippen LogP contribution is 2.41. The number of rotatable bonds is 4. The van der Waals surface area contributed by atoms with Crippen LogP contribution in [-0.2, 0) is 34.4 Å². The van der Waals surface area contributed by atoms with Gasteiger partial charge in [-0.15, -0.1) is 11.3 Å². The minimum absolute atomic E-state index is 0.347. The number of nitrogens with two attached hydrogens (primary N) is 1. The quantitative estimate of drug-likeness (QED) is 0.646. The first-order valence-corrected chi connectivity index (χ1v) is 10.7. The number of hydrogen-bond donors (Lipinski definition) is 3. The SMILES string of the molecule is NC(=O)c1c(NC(=O)CN2C(=O)N[C@]3(CCc4ccccc43)C2=O)sc2c1CCC2. The van der Waals surface area contributed by atoms with Gasteiger partial charge in [-0.1, -0.05) is 24.3 Å². The fourth-order valence-electron chi connectivity index (χ4n) is 4.80. The van der Waals surface area contributed by atoms with Gasteiger partial charge in [0, 0.05) is 4.88 Å². The number of thiophene rings is 1. The first-order chi connectivity index (χ1) is 14.4. The number of nitrogens with zero attached hydrogens (tertiary/aromatic N) is 1. The molecule has 1 aromatic heterocycles. The van der Waals surface area contributed by atoms with Crippen LogP contribution >= 0.6 is 11.3 Å². The Balaban J connectivity index is 1.36. The minimum atomic E-state index is -1.10. The van der Waals surface area contributed by atoms with Crippen LogP contribution in [-0.4, -0.2) is 35.2 Å². The van der Waals surface area contributed by atoms with Crippen molar-refractivity contribution in [3.05, 3.63) is 51.4 Å². The van der Waals surface area contributed by atoms with Crippen LogP contribution in [0.15, 0.2) is 24.3 Å². The Labute approximate surface area is 176 Å². The van der Waals surface area contributed by atoms with Crippen LogP contribution in [0.2, 0.25) is 0 Å². The number of carbonyl (C=O) groups excluding carboxylic acids is 4. The average Bonchev–Trinajstić information content (AvgIpc) is 3.43. The molecule has 1 fully saturated rings. The van der Waals surface area contributed by atoms with Gasteiger partial charge in [0.1, 0.15) is 17.1 Å². The van der Waals surface area contributed by atoms with Crippen LogP contribution in [0.5, 0.6) is 0 Å². The number of anilines is 1. The molecule has 4 N–H and O–H groups in total. The Morgan fingerprint density at radius 1 is 1.20 bits per heavy atom. The molecule has 2 heterocycles. The second-order valence-electron chi connectivity index (χ2n) is 7.86. The highest BCUT2D eigenvalue weighted by molar-refractivity contribution is 7.17. The third-order valence-corrected chi connectivity index (χ3v) is 7.35. The molecular weight excluding hydrogens is 404 g/mol. The third kappa shape index (κ3) is 2.65. The number of benzene rings is 1. The molecule has 5 rings (SSSR count). The van der Waals surface area contributed by atoms with Gasteiger partial charge in [-0.2, -0.15) is 0 Å². The lowest BCUT2D eigenvalue weighted by Crippen LogP contribution is -2.43. The van der Waals surface area contributed by atoms with Gasteiger partial charge in [-0.05, 0) is 48.8 Å². The molecule has 1 aliphatic heterocycles. The Bertz CT molecular complexity index is 1120. The highest BCUT2D eigenvalue weighted by atomic mass is 32.1. The lowest BCUT2D eigenvalue weighted by Gasteiger charge is -2.22. The normalized spacial score (nSPS) is 21.7. The van der Waals surface area contributed by atoms with Gasteiger partial charge in [0.2, 0.25) is 5.91 Å². The second-order valence-corrected chi connectivity index (χ2v) is 8.96. The van der Waals surface area contributed by atoms with E-state index in [9.17, 15) is 19.2 Å². The summed E-state index contributed by atoms with van der Waals surface area (Å²) >= 11 is 1.34. The molecule has 0 radical (unpaired) electrons. The summed E-state index contributed by atoms with van der Waals surface area (Å²) in [4.78, 5) is 52.3. The monoisotopic (exact) mass is 424 g/mol. The average molecular weight is 424 g/mol. The molecule has 0 bridgehead atoms. The van der Waals surface area contributed by atoms with E-state index in [1.54, 1.807) is 0 Å². The standard InChI is InChI=1S/C21H20N4O4S/c22-17(27)16-12-5-3-7-14(12)30-18(16)23-15(26)10-25-19(28)21(24-20(25)29)9-8-11-4-1-2-6-13(11)21/h1-2,4,6H,3,5,7-10H2,(H2,22,27)(H,23,26)(H,24,29)/t21-/m0/s1. The molecular formula is C21H20N4O4S. The van der Waals surface area contributed by atoms with Crippen molar-refractivity contribution in [1.82, 2.24) is 10.2 Å². The number of amides is 5. The number of carbonyl (C=O) groups is 4. The largest absolute Gasteiger partial charge is 0.365 e. The number of primary amides is 1. The van der Waals surface area contributed by atoms with Gasteiger partial charge in [0.15, 0.2) is 0 Å². The van der Waals surface area contributed by atoms with E-state index in [0.29, 0.717) is 23.4 Å². The predicted octanol–water partition coefficient (Wildman–Crippen LogP) is 1.67. The van der Waals surface area contributed by atoms with Crippen molar-refractivity contribution < 1.29 is 19.2 Å². The van der Waals surface area contributed by atoms with Crippen molar-refractivity contribution in [3.8, 4) is 0 Å². The molecule has 9 heteroatoms. The van der Waals surface area contributed by atoms with Gasteiger partial charge >= 0.3 is 6.03 Å². The van der Waals surface area contributed by atoms with Gasteiger partial charge in [-0.3, -0.25) is 19.3 Å². The smallest absolute Gasteiger partial charge is 0.325 e. The van der Waals surface area contributed by atoms with Crippen molar-refractivity contribution in [2.75, 3.05) is 11.9 Å². The van der Waals surface area contributed by atoms with Crippen LogP contribution in [0.1, 0.15) is 44.8 Å². The summed E-state index contributed by atoms with van der Waals surface area (Å²) in [6.45, 7) is -0.421. The third-order valence-electron chi connectivity index (χ3n) is 6.14. The molecule has 1 saturated heterocycles. The fourth-order valence-corrected chi connectivity index (χ4v) is 6.11. The van der Waals surface area contributed by atoms with E-state index in [1.165, 1.54) is 11.3 Å². The topological polar surface area (TPSA) is 122 Å². The minimum Gasteiger partial charge on any atom is -0.365 e. The lowest BCUT2D eigenvalue weighted by molar-refractivity contribution is -0.134. The molecule has 154 valence electrons. The summed E-state index contributed by atoms with van der Waals surface area (Å²) in [5.74, 6) is -1.54. The van der Waals surface area contributed by atoms with Crippen LogP contribution in [0.3, 0.4) is 0 Å². The van der Waals surface area contributed by atoms with Crippen molar-refractivity contribution in [1.29, 1.82) is 0 Å². The predicted molar refractivity (Wildman–Crippen MR) is 110 cm³/mol. The summed E-state index contributed by atoms with van der Waals surface area (Å²) in [7, 11) is 0. The van der Waals surface area contributed by atoms with E-state index in [2.05, 4.69) is 10.6 Å². The molecule has 1 spiro atoms. The summed E-state index contributed by atoms with van der Waals surface area (Å²) in [5, 5.41) is 5.89. The highest BCUT2D eigenvalue weighted by Gasteiger charge is 2.55. The number of imide groups is 1. The van der Waals surface area contributed by atoms with Crippen molar-refractivity contribution >= 4 is 40.1 Å². The molecule has 0 saturated carbocycles. The zero-order valence-corrected chi connectivity index (χ0v) is 16.9. The molecule has 5 amide bonds. The maximum absolute atomic E-state index is 13.2. The van der Waals surface area contributed by atoms with E-state index in [1.807, 2.05) is 24.3 Å². The molecule has 2 aliphatic carbocycles. The van der Waals surface area contributed by atoms with Crippen molar-refractivity contribution in [2.24, 2.45) is 5.73 Å². The van der Waals surface area contributed by atoms with Gasteiger partial charge < -0.3 is 16.4 Å². The van der Waals surface area contributed by atoms with Crippen LogP contribution in [0, 0.1) is 0 Å². The molecule has 1 aromatic carbocycles. The Morgan fingerprint density at radius 3 is 2.80 bits per heavy atom. The molecule has 3 aliphatic rings. The van der Waals surface area contributed by atoms with Crippen LogP contribution in [0.25, 0.3) is 0 Å². The maximum atomic E-state index is 13.2. The molecule has 2 aromatic rings. The Hall–Kier alpha value is -3.20. The molecule has 30 heavy (non-hydrogen) atoms. The van der Waals surface area contributed by atoms with E-state index in [-0.39, 0.29) is 0 Å². The molecule has 1 atom stereocenters. The maximum Gasteiger partial charge on any atom is 0.325 e. The second kappa shape index (κ2) is 6.66. The number of hydrogen-bond acceptors (Lipinski definition) is 5. The van der Waals surface area contributed by atoms with E-state index >= 15 is 0 Å². The zero-order chi connectivity index (χ0) is 21.0. The summed E-state index contributed by atoms with van der Waals surface area (Å²) in [6, 6.07) is 6.94. The van der Waals surface area contributed by atoms with Gasteiger partial charge in [-0.25, -0.2) is 4.79 Å². The number of fused-ring (bicyclic) bond motifs is 3. The van der Waals surface area contributed by atoms with E-state index in [0.717, 1.165) is 45.7 Å². The lowest BCUT2D eigenvalue weighted by atomic mass is 9.92. The number of nitrogens with one attached hydrogen (secondary N) is 2. The number of aryl methyl sites for hydroxylation is 2. The molecule has 0 unspecified atom stereocenters. The van der Waals surface area contributed by atoms with Crippen LogP contribution in [0.4, 0.5) is 9.80 Å². The van der Waals surface area contributed by atoms with Gasteiger partial charge in [0.05, 0.1) is 5.56 Å². The van der Waals surface area contributed by atoms with Gasteiger partial charge in [0.25, 0.3) is 11.8 Å².